The number of hydrogen-bond donors (Lipinski definition) is 1. The lowest BCUT2D eigenvalue weighted by molar-refractivity contribution is -0.137. The number of ether oxygens (including phenoxy) is 1. The topological polar surface area (TPSA) is 93.5 Å². The van der Waals surface area contributed by atoms with Crippen LogP contribution in [0.2, 0.25) is 5.02 Å². The fraction of sp³-hybridized carbons (Fsp3) is 0.360. The van der Waals surface area contributed by atoms with Crippen molar-refractivity contribution in [1.82, 2.24) is 19.4 Å². The molecule has 2 aromatic heterocycles. The highest BCUT2D eigenvalue weighted by atomic mass is 35.5. The van der Waals surface area contributed by atoms with Crippen molar-refractivity contribution in [2.24, 2.45) is 0 Å². The number of nitrogens with zero attached hydrogens (tertiary/aromatic N) is 3. The molecule has 1 saturated heterocycles. The molecule has 1 aromatic carbocycles. The molecule has 0 amide bonds. The van der Waals surface area contributed by atoms with Crippen molar-refractivity contribution in [3.05, 3.63) is 71.0 Å². The van der Waals surface area contributed by atoms with E-state index in [1.807, 2.05) is 0 Å². The quantitative estimate of drug-likeness (QED) is 0.264. The second-order valence-corrected chi connectivity index (χ2v) is 10.9. The van der Waals surface area contributed by atoms with Gasteiger partial charge in [0.25, 0.3) is 10.0 Å². The molecule has 3 heterocycles. The van der Waals surface area contributed by atoms with Crippen LogP contribution in [-0.4, -0.2) is 48.0 Å². The number of hydrazine groups is 1. The van der Waals surface area contributed by atoms with Crippen molar-refractivity contribution in [2.75, 3.05) is 13.2 Å². The van der Waals surface area contributed by atoms with Crippen molar-refractivity contribution >= 4 is 27.4 Å². The van der Waals surface area contributed by atoms with Crippen LogP contribution in [0.1, 0.15) is 48.5 Å². The zero-order chi connectivity index (χ0) is 27.5. The van der Waals surface area contributed by atoms with Crippen LogP contribution < -0.4 is 9.57 Å². The minimum absolute atomic E-state index is 0.0219. The maximum atomic E-state index is 13.2. The highest BCUT2D eigenvalue weighted by Crippen LogP contribution is 2.33. The molecule has 0 saturated carbocycles. The van der Waals surface area contributed by atoms with Crippen LogP contribution in [0, 0.1) is 0 Å². The van der Waals surface area contributed by atoms with Gasteiger partial charge >= 0.3 is 6.18 Å². The van der Waals surface area contributed by atoms with Gasteiger partial charge in [0.2, 0.25) is 0 Å². The number of alkyl halides is 3. The van der Waals surface area contributed by atoms with Crippen molar-refractivity contribution in [1.29, 1.82) is 0 Å². The third-order valence-corrected chi connectivity index (χ3v) is 7.83. The van der Waals surface area contributed by atoms with Crippen LogP contribution in [0.5, 0.6) is 5.75 Å². The lowest BCUT2D eigenvalue weighted by atomic mass is 10.1. The molecule has 0 spiro atoms. The maximum absolute atomic E-state index is 13.2. The van der Waals surface area contributed by atoms with E-state index in [4.69, 9.17) is 16.3 Å². The number of pyridine rings is 1. The van der Waals surface area contributed by atoms with Crippen molar-refractivity contribution in [2.45, 2.75) is 49.9 Å². The fourth-order valence-corrected chi connectivity index (χ4v) is 5.84. The minimum atomic E-state index is -4.63. The van der Waals surface area contributed by atoms with E-state index in [9.17, 15) is 26.4 Å². The van der Waals surface area contributed by atoms with Crippen LogP contribution in [0.15, 0.2) is 59.9 Å². The average molecular weight is 571 g/mol. The van der Waals surface area contributed by atoms with Crippen molar-refractivity contribution < 1.29 is 31.1 Å². The van der Waals surface area contributed by atoms with Crippen LogP contribution in [0.3, 0.4) is 0 Å². The SMILES string of the molecule is CC(=O)c1ccc(OCCC[C@H]2CCCN2NS(=O)(=O)c2cccn2-c2ncc(C(F)(F)F)cc2Cl)cc1. The number of carbonyl (C=O) groups excluding carboxylic acids is 1. The van der Waals surface area contributed by atoms with Gasteiger partial charge in [-0.1, -0.05) is 11.6 Å². The van der Waals surface area contributed by atoms with E-state index in [0.29, 0.717) is 49.6 Å². The molecular formula is C25H26ClF3N4O4S. The van der Waals surface area contributed by atoms with Gasteiger partial charge in [0.15, 0.2) is 16.6 Å². The summed E-state index contributed by atoms with van der Waals surface area (Å²) < 4.78 is 72.3. The number of Topliss-reactive ketones (excluding diaryl/α,β-unsaturated/α-hetero) is 1. The molecule has 3 aromatic rings. The summed E-state index contributed by atoms with van der Waals surface area (Å²) >= 11 is 6.04. The number of nitrogens with one attached hydrogen (secondary N) is 1. The predicted molar refractivity (Wildman–Crippen MR) is 135 cm³/mol. The minimum Gasteiger partial charge on any atom is -0.494 e. The van der Waals surface area contributed by atoms with Crippen LogP contribution in [0.25, 0.3) is 5.82 Å². The molecule has 0 radical (unpaired) electrons. The Balaban J connectivity index is 1.38. The Hall–Kier alpha value is -2.93. The predicted octanol–water partition coefficient (Wildman–Crippen LogP) is 5.26. The monoisotopic (exact) mass is 570 g/mol. The van der Waals surface area contributed by atoms with Crippen LogP contribution >= 0.6 is 11.6 Å². The highest BCUT2D eigenvalue weighted by Gasteiger charge is 2.33. The average Bonchev–Trinajstić information content (AvgIpc) is 3.51. The Morgan fingerprint density at radius 1 is 1.24 bits per heavy atom. The Labute approximate surface area is 223 Å². The summed E-state index contributed by atoms with van der Waals surface area (Å²) in [5, 5.41) is 1.13. The van der Waals surface area contributed by atoms with Crippen molar-refractivity contribution in [3.63, 3.8) is 0 Å². The van der Waals surface area contributed by atoms with Gasteiger partial charge in [-0.25, -0.2) is 18.4 Å². The Morgan fingerprint density at radius 2 is 1.97 bits per heavy atom. The van der Waals surface area contributed by atoms with Gasteiger partial charge in [0.1, 0.15) is 5.75 Å². The van der Waals surface area contributed by atoms with Gasteiger partial charge in [-0.05, 0) is 75.1 Å². The molecule has 204 valence electrons. The van der Waals surface area contributed by atoms with E-state index in [0.717, 1.165) is 17.4 Å². The first kappa shape index (κ1) is 28.1. The molecule has 0 unspecified atom stereocenters. The lowest BCUT2D eigenvalue weighted by Crippen LogP contribution is -2.45. The molecule has 38 heavy (non-hydrogen) atoms. The number of halogens is 4. The number of sulfonamides is 1. The van der Waals surface area contributed by atoms with E-state index in [2.05, 4.69) is 9.82 Å². The summed E-state index contributed by atoms with van der Waals surface area (Å²) in [6.45, 7) is 2.43. The summed E-state index contributed by atoms with van der Waals surface area (Å²) in [7, 11) is -4.09. The molecule has 1 fully saturated rings. The standard InChI is InChI=1S/C25H26ClF3N4O4S/c1-17(34)18-8-10-21(11-9-18)37-14-4-6-20-5-2-13-33(20)31-38(35,36)23-7-3-12-32(23)24-22(26)15-19(16-30-24)25(27,28)29/h3,7-12,15-16,20,31H,2,4-6,13-14H2,1H3/t20-/m1/s1. The molecule has 13 heteroatoms. The Bertz CT molecular complexity index is 1390. The van der Waals surface area contributed by atoms with Gasteiger partial charge < -0.3 is 4.74 Å². The Kier molecular flexibility index (Phi) is 8.46. The maximum Gasteiger partial charge on any atom is 0.417 e. The third kappa shape index (κ3) is 6.55. The van der Waals surface area contributed by atoms with Crippen LogP contribution in [-0.2, 0) is 16.2 Å². The fourth-order valence-electron chi connectivity index (χ4n) is 4.27. The molecular weight excluding hydrogens is 545 g/mol. The van der Waals surface area contributed by atoms with E-state index < -0.39 is 21.8 Å². The van der Waals surface area contributed by atoms with Gasteiger partial charge in [0.05, 0.1) is 17.2 Å². The first-order chi connectivity index (χ1) is 18.0. The molecule has 1 N–H and O–H groups in total. The van der Waals surface area contributed by atoms with Crippen LogP contribution in [0.4, 0.5) is 13.2 Å². The third-order valence-electron chi connectivity index (χ3n) is 6.19. The molecule has 0 bridgehead atoms. The summed E-state index contributed by atoms with van der Waals surface area (Å²) in [6.07, 6.45) is 0.314. The summed E-state index contributed by atoms with van der Waals surface area (Å²) in [5.41, 5.74) is -0.424. The first-order valence-corrected chi connectivity index (χ1v) is 13.8. The van der Waals surface area contributed by atoms with E-state index >= 15 is 0 Å². The molecule has 0 aliphatic carbocycles. The summed E-state index contributed by atoms with van der Waals surface area (Å²) in [6, 6.07) is 10.3. The number of benzene rings is 1. The number of rotatable bonds is 10. The second kappa shape index (κ2) is 11.4. The zero-order valence-electron chi connectivity index (χ0n) is 20.4. The van der Waals surface area contributed by atoms with Crippen molar-refractivity contribution in [3.8, 4) is 11.6 Å². The molecule has 8 nitrogen and oxygen atoms in total. The van der Waals surface area contributed by atoms with E-state index in [1.54, 1.807) is 29.3 Å². The summed E-state index contributed by atoms with van der Waals surface area (Å²) in [5.74, 6) is 0.498. The van der Waals surface area contributed by atoms with Gasteiger partial charge in [0, 0.05) is 30.5 Å². The molecule has 1 aliphatic rings. The molecule has 1 aliphatic heterocycles. The number of hydrogen-bond acceptors (Lipinski definition) is 6. The first-order valence-electron chi connectivity index (χ1n) is 11.9. The largest absolute Gasteiger partial charge is 0.494 e. The number of carbonyl (C=O) groups is 1. The molecule has 4 rings (SSSR count). The highest BCUT2D eigenvalue weighted by molar-refractivity contribution is 7.89. The lowest BCUT2D eigenvalue weighted by Gasteiger charge is -2.25. The van der Waals surface area contributed by atoms with E-state index in [1.165, 1.54) is 25.3 Å². The second-order valence-electron chi connectivity index (χ2n) is 8.90. The van der Waals surface area contributed by atoms with Gasteiger partial charge in [-0.3, -0.25) is 9.36 Å². The summed E-state index contributed by atoms with van der Waals surface area (Å²) in [4.78, 5) is 17.8. The van der Waals surface area contributed by atoms with Gasteiger partial charge in [-0.2, -0.15) is 13.2 Å². The zero-order valence-corrected chi connectivity index (χ0v) is 22.0. The Morgan fingerprint density at radius 3 is 2.63 bits per heavy atom. The number of aromatic nitrogens is 2. The number of ketones is 1. The normalized spacial score (nSPS) is 16.6. The molecule has 1 atom stereocenters. The van der Waals surface area contributed by atoms with Gasteiger partial charge in [-0.15, -0.1) is 4.83 Å². The van der Waals surface area contributed by atoms with E-state index in [-0.39, 0.29) is 27.7 Å². The smallest absolute Gasteiger partial charge is 0.417 e.